The number of rotatable bonds is 3. The molecule has 0 unspecified atom stereocenters. The Kier molecular flexibility index (Phi) is 5.28. The molecule has 4 nitrogen and oxygen atoms in total. The Morgan fingerprint density at radius 1 is 1.61 bits per heavy atom. The second kappa shape index (κ2) is 6.72. The number of benzene rings is 1. The number of nitrogens with zero attached hydrogens (tertiary/aromatic N) is 2. The van der Waals surface area contributed by atoms with Crippen LogP contribution in [0.5, 0.6) is 0 Å². The number of hydrogen-bond donors (Lipinski definition) is 0. The maximum Gasteiger partial charge on any atom is 0.433 e. The topological polar surface area (TPSA) is 62.4 Å². The molecule has 1 aromatic carbocycles. The van der Waals surface area contributed by atoms with Gasteiger partial charge in [-0.15, -0.1) is 0 Å². The van der Waals surface area contributed by atoms with E-state index in [0.29, 0.717) is 5.56 Å². The molecule has 0 aliphatic rings. The maximum atomic E-state index is 12.9. The lowest BCUT2D eigenvalue weighted by molar-refractivity contribution is 0.163. The van der Waals surface area contributed by atoms with Crippen LogP contribution in [-0.2, 0) is 4.74 Å². The predicted octanol–water partition coefficient (Wildman–Crippen LogP) is 3.34. The molecule has 1 aromatic rings. The second-order valence-corrected chi connectivity index (χ2v) is 3.62. The Morgan fingerprint density at radius 2 is 2.33 bits per heavy atom. The summed E-state index contributed by atoms with van der Waals surface area (Å²) >= 11 is 5.84. The summed E-state index contributed by atoms with van der Waals surface area (Å²) in [6, 6.07) is 5.50. The van der Waals surface area contributed by atoms with Crippen molar-refractivity contribution in [1.29, 1.82) is 5.26 Å². The van der Waals surface area contributed by atoms with Crippen LogP contribution in [0.25, 0.3) is 0 Å². The summed E-state index contributed by atoms with van der Waals surface area (Å²) in [4.78, 5) is 14.9. The monoisotopic (exact) mass is 268 g/mol. The zero-order chi connectivity index (χ0) is 13.5. The molecule has 0 saturated heterocycles. The van der Waals surface area contributed by atoms with Crippen molar-refractivity contribution >= 4 is 23.4 Å². The van der Waals surface area contributed by atoms with Crippen LogP contribution in [0.4, 0.5) is 9.18 Å². The van der Waals surface area contributed by atoms with Gasteiger partial charge in [0.2, 0.25) is 0 Å². The molecular formula is C12H10ClFN2O2. The van der Waals surface area contributed by atoms with E-state index in [9.17, 15) is 9.18 Å². The van der Waals surface area contributed by atoms with Gasteiger partial charge in [0.05, 0.1) is 29.8 Å². The quantitative estimate of drug-likeness (QED) is 0.790. The lowest BCUT2D eigenvalue weighted by atomic mass is 10.1. The van der Waals surface area contributed by atoms with E-state index in [1.54, 1.807) is 6.92 Å². The molecule has 0 atom stereocenters. The fourth-order valence-electron chi connectivity index (χ4n) is 1.26. The average molecular weight is 269 g/mol. The van der Waals surface area contributed by atoms with Gasteiger partial charge in [0.25, 0.3) is 0 Å². The molecule has 0 aromatic heterocycles. The van der Waals surface area contributed by atoms with Crippen molar-refractivity contribution in [2.45, 2.75) is 13.3 Å². The van der Waals surface area contributed by atoms with Crippen molar-refractivity contribution in [2.24, 2.45) is 4.99 Å². The third-order valence-corrected chi connectivity index (χ3v) is 2.30. The lowest BCUT2D eigenvalue weighted by Crippen LogP contribution is -2.07. The van der Waals surface area contributed by atoms with Crippen molar-refractivity contribution in [3.8, 4) is 6.07 Å². The van der Waals surface area contributed by atoms with Crippen LogP contribution in [-0.4, -0.2) is 18.4 Å². The van der Waals surface area contributed by atoms with Crippen LogP contribution in [0.3, 0.4) is 0 Å². The first kappa shape index (κ1) is 14.1. The summed E-state index contributed by atoms with van der Waals surface area (Å²) in [5, 5.41) is 8.78. The number of ether oxygens (including phenoxy) is 1. The summed E-state index contributed by atoms with van der Waals surface area (Å²) in [6.07, 6.45) is -0.924. The highest BCUT2D eigenvalue weighted by Gasteiger charge is 2.11. The molecule has 94 valence electrons. The van der Waals surface area contributed by atoms with E-state index in [0.717, 1.165) is 6.07 Å². The fraction of sp³-hybridized carbons (Fsp3) is 0.250. The van der Waals surface area contributed by atoms with Gasteiger partial charge in [-0.2, -0.15) is 10.3 Å². The minimum atomic E-state index is -0.803. The summed E-state index contributed by atoms with van der Waals surface area (Å²) in [5.41, 5.74) is 0.494. The highest BCUT2D eigenvalue weighted by Crippen LogP contribution is 2.19. The Bertz CT molecular complexity index is 523. The first-order valence-corrected chi connectivity index (χ1v) is 5.53. The van der Waals surface area contributed by atoms with Crippen LogP contribution in [0.15, 0.2) is 23.2 Å². The molecule has 0 fully saturated rings. The van der Waals surface area contributed by atoms with Crippen LogP contribution in [0.2, 0.25) is 5.02 Å². The molecule has 0 bridgehead atoms. The third kappa shape index (κ3) is 3.82. The third-order valence-electron chi connectivity index (χ3n) is 1.98. The maximum absolute atomic E-state index is 12.9. The molecule has 0 aliphatic carbocycles. The van der Waals surface area contributed by atoms with E-state index >= 15 is 0 Å². The largest absolute Gasteiger partial charge is 0.448 e. The molecule has 0 spiro atoms. The minimum Gasteiger partial charge on any atom is -0.448 e. The van der Waals surface area contributed by atoms with E-state index in [4.69, 9.17) is 16.9 Å². The van der Waals surface area contributed by atoms with Gasteiger partial charge in [-0.05, 0) is 25.1 Å². The van der Waals surface area contributed by atoms with E-state index < -0.39 is 11.9 Å². The number of carbonyl (C=O) groups is 1. The summed E-state index contributed by atoms with van der Waals surface area (Å²) < 4.78 is 17.5. The first-order chi connectivity index (χ1) is 8.58. The average Bonchev–Trinajstić information content (AvgIpc) is 2.29. The van der Waals surface area contributed by atoms with Gasteiger partial charge in [0, 0.05) is 5.56 Å². The first-order valence-electron chi connectivity index (χ1n) is 5.15. The zero-order valence-corrected chi connectivity index (χ0v) is 10.4. The van der Waals surface area contributed by atoms with Crippen molar-refractivity contribution in [3.05, 3.63) is 34.6 Å². The van der Waals surface area contributed by atoms with Gasteiger partial charge >= 0.3 is 6.09 Å². The summed E-state index contributed by atoms with van der Waals surface area (Å²) in [6.45, 7) is 1.82. The number of halogens is 2. The number of carbonyl (C=O) groups excluding carboxylic acids is 1. The number of nitriles is 1. The predicted molar refractivity (Wildman–Crippen MR) is 65.2 cm³/mol. The van der Waals surface area contributed by atoms with Gasteiger partial charge in [0.1, 0.15) is 5.82 Å². The van der Waals surface area contributed by atoms with Crippen molar-refractivity contribution < 1.29 is 13.9 Å². The molecular weight excluding hydrogens is 259 g/mol. The van der Waals surface area contributed by atoms with Gasteiger partial charge in [-0.25, -0.2) is 9.18 Å². The second-order valence-electron chi connectivity index (χ2n) is 3.22. The normalized spacial score (nSPS) is 10.9. The van der Waals surface area contributed by atoms with Crippen LogP contribution >= 0.6 is 11.6 Å². The Hall–Kier alpha value is -1.93. The van der Waals surface area contributed by atoms with Crippen LogP contribution in [0.1, 0.15) is 18.9 Å². The molecule has 0 aliphatic heterocycles. The molecule has 1 rings (SSSR count). The Morgan fingerprint density at radius 3 is 2.89 bits per heavy atom. The lowest BCUT2D eigenvalue weighted by Gasteiger charge is -2.05. The van der Waals surface area contributed by atoms with E-state index in [-0.39, 0.29) is 23.8 Å². The number of amides is 1. The number of hydrogen-bond acceptors (Lipinski definition) is 3. The molecule has 0 radical (unpaired) electrons. The van der Waals surface area contributed by atoms with E-state index in [1.807, 2.05) is 6.07 Å². The molecule has 18 heavy (non-hydrogen) atoms. The molecule has 1 amide bonds. The Balaban J connectivity index is 3.12. The molecule has 0 heterocycles. The highest BCUT2D eigenvalue weighted by atomic mass is 35.5. The van der Waals surface area contributed by atoms with E-state index in [2.05, 4.69) is 9.73 Å². The fourth-order valence-corrected chi connectivity index (χ4v) is 1.54. The smallest absolute Gasteiger partial charge is 0.433 e. The van der Waals surface area contributed by atoms with Crippen molar-refractivity contribution in [3.63, 3.8) is 0 Å². The summed E-state index contributed by atoms with van der Waals surface area (Å²) in [5.74, 6) is -0.504. The number of aliphatic imine (C=N–C) groups is 1. The molecule has 6 heteroatoms. The van der Waals surface area contributed by atoms with Crippen LogP contribution in [0, 0.1) is 17.1 Å². The van der Waals surface area contributed by atoms with E-state index in [1.165, 1.54) is 12.1 Å². The van der Waals surface area contributed by atoms with Gasteiger partial charge in [-0.1, -0.05) is 11.6 Å². The van der Waals surface area contributed by atoms with Gasteiger partial charge in [-0.3, -0.25) is 0 Å². The summed E-state index contributed by atoms with van der Waals surface area (Å²) in [7, 11) is 0. The van der Waals surface area contributed by atoms with Gasteiger partial charge in [0.15, 0.2) is 0 Å². The minimum absolute atomic E-state index is 0.0910. The highest BCUT2D eigenvalue weighted by molar-refractivity contribution is 6.34. The zero-order valence-electron chi connectivity index (χ0n) is 9.61. The van der Waals surface area contributed by atoms with Gasteiger partial charge < -0.3 is 4.74 Å². The van der Waals surface area contributed by atoms with Crippen molar-refractivity contribution in [1.82, 2.24) is 0 Å². The SMILES string of the molecule is CCOC(=O)N=C(CC#N)c1ccc(F)cc1Cl. The van der Waals surface area contributed by atoms with Crippen molar-refractivity contribution in [2.75, 3.05) is 6.61 Å². The Labute approximate surface area is 109 Å². The molecule has 0 saturated carbocycles. The van der Waals surface area contributed by atoms with Crippen LogP contribution < -0.4 is 0 Å². The molecule has 0 N–H and O–H groups in total. The standard InChI is InChI=1S/C12H10ClFN2O2/c1-2-18-12(17)16-11(5-6-15)9-4-3-8(14)7-10(9)13/h3-4,7H,2,5H2,1H3.